The largest absolute Gasteiger partial charge is 0.507 e. The molecule has 0 unspecified atom stereocenters. The van der Waals surface area contributed by atoms with E-state index in [0.717, 1.165) is 33.4 Å². The quantitative estimate of drug-likeness (QED) is 0.346. The number of phenolic OH excluding ortho intramolecular Hbond substituents is 1. The molecule has 0 bridgehead atoms. The number of hydrogen-bond donors (Lipinski definition) is 2. The molecule has 0 radical (unpaired) electrons. The van der Waals surface area contributed by atoms with Crippen molar-refractivity contribution in [1.82, 2.24) is 9.99 Å². The number of amides is 1. The Morgan fingerprint density at radius 1 is 1.03 bits per heavy atom. The third-order valence-corrected chi connectivity index (χ3v) is 5.29. The summed E-state index contributed by atoms with van der Waals surface area (Å²) in [5, 5.41) is 16.7. The van der Waals surface area contributed by atoms with E-state index < -0.39 is 5.91 Å². The molecule has 0 fully saturated rings. The number of carbonyl (C=O) groups excluding carboxylic acids is 1. The first-order valence-electron chi connectivity index (χ1n) is 9.44. The Bertz CT molecular complexity index is 1270. The summed E-state index contributed by atoms with van der Waals surface area (Å²) in [5.41, 5.74) is 6.58. The lowest BCUT2D eigenvalue weighted by atomic mass is 10.1. The molecule has 4 aromatic rings. The molecule has 0 atom stereocenters. The van der Waals surface area contributed by atoms with Gasteiger partial charge in [0.05, 0.1) is 11.8 Å². The third-order valence-electron chi connectivity index (χ3n) is 5.03. The minimum absolute atomic E-state index is 0.0812. The summed E-state index contributed by atoms with van der Waals surface area (Å²) in [5.74, 6) is -0.552. The molecule has 0 saturated carbocycles. The van der Waals surface area contributed by atoms with Crippen LogP contribution < -0.4 is 5.43 Å². The highest BCUT2D eigenvalue weighted by molar-refractivity contribution is 6.30. The standard InChI is InChI=1S/C24H20ClN3O2/c1-15-11-19(16(2)28(15)21-9-7-20(25)8-10-21)14-26-27-24(30)22-12-17-5-3-4-6-18(17)13-23(22)29/h3-14,29H,1-2H3,(H,27,30)/b26-14-. The van der Waals surface area contributed by atoms with E-state index in [0.29, 0.717) is 5.02 Å². The smallest absolute Gasteiger partial charge is 0.275 e. The van der Waals surface area contributed by atoms with Gasteiger partial charge in [0.15, 0.2) is 0 Å². The SMILES string of the molecule is Cc1cc(/C=N\NC(=O)c2cc3ccccc3cc2O)c(C)n1-c1ccc(Cl)cc1. The zero-order chi connectivity index (χ0) is 21.3. The number of hydrazone groups is 1. The lowest BCUT2D eigenvalue weighted by molar-refractivity contribution is 0.0952. The molecule has 1 amide bonds. The van der Waals surface area contributed by atoms with E-state index in [4.69, 9.17) is 11.6 Å². The van der Waals surface area contributed by atoms with Crippen molar-refractivity contribution >= 4 is 34.5 Å². The third kappa shape index (κ3) is 3.80. The number of nitrogens with one attached hydrogen (secondary N) is 1. The van der Waals surface area contributed by atoms with Crippen molar-refractivity contribution in [2.75, 3.05) is 0 Å². The van der Waals surface area contributed by atoms with Crippen LogP contribution in [-0.2, 0) is 0 Å². The van der Waals surface area contributed by atoms with Gasteiger partial charge in [-0.05, 0) is 67.1 Å². The van der Waals surface area contributed by atoms with E-state index in [9.17, 15) is 9.90 Å². The van der Waals surface area contributed by atoms with Gasteiger partial charge in [-0.2, -0.15) is 5.10 Å². The Morgan fingerprint density at radius 2 is 1.70 bits per heavy atom. The van der Waals surface area contributed by atoms with Gasteiger partial charge in [-0.3, -0.25) is 4.79 Å². The number of nitrogens with zero attached hydrogens (tertiary/aromatic N) is 2. The molecule has 0 aliphatic carbocycles. The van der Waals surface area contributed by atoms with E-state index in [1.54, 1.807) is 18.3 Å². The number of benzene rings is 3. The number of fused-ring (bicyclic) bond motifs is 1. The van der Waals surface area contributed by atoms with Crippen molar-refractivity contribution in [1.29, 1.82) is 0 Å². The number of aromatic nitrogens is 1. The normalized spacial score (nSPS) is 11.3. The van der Waals surface area contributed by atoms with Gasteiger partial charge in [0, 0.05) is 27.7 Å². The molecule has 30 heavy (non-hydrogen) atoms. The van der Waals surface area contributed by atoms with Crippen LogP contribution in [0.15, 0.2) is 71.8 Å². The maximum Gasteiger partial charge on any atom is 0.275 e. The molecule has 150 valence electrons. The maximum atomic E-state index is 12.5. The van der Waals surface area contributed by atoms with Crippen molar-refractivity contribution < 1.29 is 9.90 Å². The summed E-state index contributed by atoms with van der Waals surface area (Å²) in [7, 11) is 0. The molecular weight excluding hydrogens is 398 g/mol. The second-order valence-corrected chi connectivity index (χ2v) is 7.49. The lowest BCUT2D eigenvalue weighted by Crippen LogP contribution is -2.17. The van der Waals surface area contributed by atoms with Crippen LogP contribution in [0.1, 0.15) is 27.3 Å². The van der Waals surface area contributed by atoms with Crippen LogP contribution in [0.25, 0.3) is 16.5 Å². The van der Waals surface area contributed by atoms with Crippen molar-refractivity contribution in [3.05, 3.63) is 94.3 Å². The highest BCUT2D eigenvalue weighted by atomic mass is 35.5. The van der Waals surface area contributed by atoms with Gasteiger partial charge in [-0.1, -0.05) is 35.9 Å². The van der Waals surface area contributed by atoms with Gasteiger partial charge in [-0.25, -0.2) is 5.43 Å². The zero-order valence-electron chi connectivity index (χ0n) is 16.6. The number of carbonyl (C=O) groups is 1. The number of hydrogen-bond acceptors (Lipinski definition) is 3. The molecule has 2 N–H and O–H groups in total. The summed E-state index contributed by atoms with van der Waals surface area (Å²) in [4.78, 5) is 12.5. The van der Waals surface area contributed by atoms with Crippen molar-refractivity contribution in [2.45, 2.75) is 13.8 Å². The Kier molecular flexibility index (Phi) is 5.29. The van der Waals surface area contributed by atoms with E-state index in [1.807, 2.05) is 68.4 Å². The average molecular weight is 418 g/mol. The Morgan fingerprint density at radius 3 is 2.40 bits per heavy atom. The van der Waals surface area contributed by atoms with E-state index >= 15 is 0 Å². The first-order valence-corrected chi connectivity index (χ1v) is 9.82. The van der Waals surface area contributed by atoms with Crippen molar-refractivity contribution in [2.24, 2.45) is 5.10 Å². The number of rotatable bonds is 4. The van der Waals surface area contributed by atoms with Crippen LogP contribution in [0.5, 0.6) is 5.75 Å². The summed E-state index contributed by atoms with van der Waals surface area (Å²) in [6, 6.07) is 20.4. The zero-order valence-corrected chi connectivity index (χ0v) is 17.3. The minimum atomic E-state index is -0.471. The summed E-state index contributed by atoms with van der Waals surface area (Å²) >= 11 is 5.99. The molecule has 0 aliphatic heterocycles. The van der Waals surface area contributed by atoms with Crippen LogP contribution in [0.4, 0.5) is 0 Å². The van der Waals surface area contributed by atoms with Gasteiger partial charge < -0.3 is 9.67 Å². The van der Waals surface area contributed by atoms with Gasteiger partial charge in [-0.15, -0.1) is 0 Å². The number of aryl methyl sites for hydroxylation is 1. The van der Waals surface area contributed by atoms with E-state index in [-0.39, 0.29) is 11.3 Å². The molecule has 3 aromatic carbocycles. The Hall–Kier alpha value is -3.57. The molecule has 6 heteroatoms. The first-order chi connectivity index (χ1) is 14.4. The highest BCUT2D eigenvalue weighted by Crippen LogP contribution is 2.25. The second kappa shape index (κ2) is 8.05. The fraction of sp³-hybridized carbons (Fsp3) is 0.0833. The Balaban J connectivity index is 1.55. The van der Waals surface area contributed by atoms with Crippen LogP contribution >= 0.6 is 11.6 Å². The van der Waals surface area contributed by atoms with Gasteiger partial charge in [0.2, 0.25) is 0 Å². The second-order valence-electron chi connectivity index (χ2n) is 7.05. The molecule has 5 nitrogen and oxygen atoms in total. The van der Waals surface area contributed by atoms with Gasteiger partial charge >= 0.3 is 0 Å². The van der Waals surface area contributed by atoms with Crippen LogP contribution in [-0.4, -0.2) is 21.8 Å². The fourth-order valence-corrected chi connectivity index (χ4v) is 3.66. The van der Waals surface area contributed by atoms with Crippen molar-refractivity contribution in [3.63, 3.8) is 0 Å². The minimum Gasteiger partial charge on any atom is -0.507 e. The molecule has 4 rings (SSSR count). The summed E-state index contributed by atoms with van der Waals surface area (Å²) in [6.45, 7) is 3.99. The predicted octanol–water partition coefficient (Wildman–Crippen LogP) is 5.37. The molecule has 0 aliphatic rings. The predicted molar refractivity (Wildman–Crippen MR) is 121 cm³/mol. The topological polar surface area (TPSA) is 66.6 Å². The number of aromatic hydroxyl groups is 1. The highest BCUT2D eigenvalue weighted by Gasteiger charge is 2.13. The monoisotopic (exact) mass is 417 g/mol. The fourth-order valence-electron chi connectivity index (χ4n) is 3.54. The summed E-state index contributed by atoms with van der Waals surface area (Å²) < 4.78 is 2.09. The summed E-state index contributed by atoms with van der Waals surface area (Å²) in [6.07, 6.45) is 1.60. The van der Waals surface area contributed by atoms with Crippen LogP contribution in [0, 0.1) is 13.8 Å². The number of phenols is 1. The van der Waals surface area contributed by atoms with Crippen LogP contribution in [0.3, 0.4) is 0 Å². The number of halogens is 1. The van der Waals surface area contributed by atoms with Crippen molar-refractivity contribution in [3.8, 4) is 11.4 Å². The average Bonchev–Trinajstić information content (AvgIpc) is 3.01. The first kappa shape index (κ1) is 19.7. The van der Waals surface area contributed by atoms with E-state index in [1.165, 1.54) is 0 Å². The molecule has 1 heterocycles. The lowest BCUT2D eigenvalue weighted by Gasteiger charge is -2.09. The Labute approximate surface area is 179 Å². The van der Waals surface area contributed by atoms with Gasteiger partial charge in [0.25, 0.3) is 5.91 Å². The molecule has 1 aromatic heterocycles. The van der Waals surface area contributed by atoms with Gasteiger partial charge in [0.1, 0.15) is 5.75 Å². The molecular formula is C24H20ClN3O2. The molecule has 0 spiro atoms. The molecule has 0 saturated heterocycles. The van der Waals surface area contributed by atoms with Crippen LogP contribution in [0.2, 0.25) is 5.02 Å². The van der Waals surface area contributed by atoms with E-state index in [2.05, 4.69) is 15.1 Å². The maximum absolute atomic E-state index is 12.5.